The molecule has 0 aliphatic heterocycles. The number of pyridine rings is 1. The van der Waals surface area contributed by atoms with Gasteiger partial charge in [-0.25, -0.2) is 27.5 Å². The minimum atomic E-state index is -0.501. The Morgan fingerprint density at radius 3 is 1.07 bits per heavy atom. The van der Waals surface area contributed by atoms with Gasteiger partial charge >= 0.3 is 0 Å². The smallest absolute Gasteiger partial charge is 0.258 e. The van der Waals surface area contributed by atoms with Crippen molar-refractivity contribution in [3.63, 3.8) is 0 Å². The normalized spacial score (nSPS) is 11.7. The fourth-order valence-corrected chi connectivity index (χ4v) is 14.7. The lowest BCUT2D eigenvalue weighted by Gasteiger charge is -2.19. The van der Waals surface area contributed by atoms with Crippen LogP contribution in [0.2, 0.25) is 15.1 Å². The lowest BCUT2D eigenvalue weighted by atomic mass is 9.86. The van der Waals surface area contributed by atoms with Gasteiger partial charge in [-0.05, 0) is 272 Å². The molecule has 2 aromatic heterocycles. The lowest BCUT2D eigenvalue weighted by molar-refractivity contribution is -0.384. The van der Waals surface area contributed by atoms with Crippen LogP contribution in [-0.2, 0) is 70.6 Å². The molecule has 2 heterocycles. The zero-order valence-electron chi connectivity index (χ0n) is 90.4. The van der Waals surface area contributed by atoms with Gasteiger partial charge in [-0.1, -0.05) is 433 Å². The number of aromatic nitrogens is 3. The molecule has 12 aromatic rings. The van der Waals surface area contributed by atoms with Gasteiger partial charge in [0.05, 0.1) is 20.5 Å². The van der Waals surface area contributed by atoms with E-state index in [-0.39, 0.29) is 49.3 Å². The van der Waals surface area contributed by atoms with E-state index in [9.17, 15) is 27.7 Å². The first-order valence-electron chi connectivity index (χ1n) is 48.3. The second-order valence-corrected chi connectivity index (χ2v) is 50.8. The van der Waals surface area contributed by atoms with Crippen molar-refractivity contribution in [1.82, 2.24) is 15.0 Å². The molecule has 0 unspecified atom stereocenters. The predicted octanol–water partition coefficient (Wildman–Crippen LogP) is 38.4. The number of nitro groups is 1. The maximum atomic E-state index is 13.1. The van der Waals surface area contributed by atoms with Crippen LogP contribution in [0.4, 0.5) is 23.2 Å². The van der Waals surface area contributed by atoms with E-state index >= 15 is 0 Å². The van der Waals surface area contributed by atoms with Gasteiger partial charge in [0.2, 0.25) is 0 Å². The molecular formula is C124H171Cl3F4N4O2. The van der Waals surface area contributed by atoms with Crippen molar-refractivity contribution in [3.8, 4) is 0 Å². The Kier molecular flexibility index (Phi) is 51.9. The van der Waals surface area contributed by atoms with Crippen LogP contribution in [0.1, 0.15) is 301 Å². The summed E-state index contributed by atoms with van der Waals surface area (Å²) in [4.78, 5) is 22.7. The predicted molar refractivity (Wildman–Crippen MR) is 587 cm³/mol. The molecule has 12 rings (SSSR count). The summed E-state index contributed by atoms with van der Waals surface area (Å²) in [6, 6.07) is 80.7. The number of halogens is 7. The topological polar surface area (TPSA) is 81.8 Å². The van der Waals surface area contributed by atoms with Gasteiger partial charge in [0.25, 0.3) is 5.69 Å². The zero-order valence-corrected chi connectivity index (χ0v) is 92.7. The fraction of sp³-hybridized carbons (Fsp3) is 0.460. The van der Waals surface area contributed by atoms with E-state index in [2.05, 4.69) is 352 Å². The van der Waals surface area contributed by atoms with Crippen LogP contribution in [0.5, 0.6) is 0 Å². The summed E-state index contributed by atoms with van der Waals surface area (Å²) in [5.74, 6) is -1.23. The van der Waals surface area contributed by atoms with Crippen LogP contribution in [0.3, 0.4) is 0 Å². The molecule has 0 saturated carbocycles. The standard InChI is InChI=1S/C14H17N.2C12H18.C11H14Cl2.C11H15Cl.C11H14F2.2C11H15F.C11H15NO2.C11H16.C9H14N2/c1-14(2,3)10-12-9-8-11-6-4-5-7-13(11)15-12;1-10-5-7-11(8-6-10)9-12(2,3)4;1-10-7-5-6-8-11(10)9-12(2,3)4;1-11(2,3)7-8-4-5-9(12)10(13)6-8;1-11(2,3)8-9-4-6-10(12)7-5-9;1-11(2,3)7-8-4-9(12)6-10(13)5-8;1-11(2,3)8-9-5-4-6-10(12)7-9;1-11(2,3)8-9-6-4-5-7-10(9)12;1-11(2,3)8-9-4-6-10(7-5-9)12(13)14;1-11(2,3)9-10-7-5-4-6-8-10;1-9(2,3)6-8-4-5-10-7-11-8/h4-9H,10H2,1-3H3;2*5-8H,9H2,1-4H3;4-6H,7H2,1-3H3;4-7H,8H2,1-3H3;4-6H,7H2,1-3H3;2*4-7H,8H2,1-3H3;4-7H,8H2,1-3H3;4-8H,9H2,1-3H3;4-5,7H,6H2,1-3H3. The first-order valence-corrected chi connectivity index (χ1v) is 49.5. The van der Waals surface area contributed by atoms with Crippen molar-refractivity contribution in [2.45, 2.75) is 313 Å². The van der Waals surface area contributed by atoms with Gasteiger partial charge in [-0.15, -0.1) is 0 Å². The van der Waals surface area contributed by atoms with E-state index in [0.717, 1.165) is 96.8 Å². The maximum absolute atomic E-state index is 13.1. The number of nitro benzene ring substituents is 1. The molecule has 0 fully saturated rings. The summed E-state index contributed by atoms with van der Waals surface area (Å²) in [5, 5.41) is 13.7. The molecule has 0 aliphatic rings. The molecule has 0 radical (unpaired) electrons. The van der Waals surface area contributed by atoms with Crippen LogP contribution >= 0.6 is 34.8 Å². The summed E-state index contributed by atoms with van der Waals surface area (Å²) >= 11 is 17.5. The van der Waals surface area contributed by atoms with Gasteiger partial charge in [-0.3, -0.25) is 15.1 Å². The number of nitrogens with zero attached hydrogens (tertiary/aromatic N) is 4. The van der Waals surface area contributed by atoms with Crippen molar-refractivity contribution in [2.75, 3.05) is 0 Å². The third-order valence-electron chi connectivity index (χ3n) is 19.3. The number of para-hydroxylation sites is 1. The Morgan fingerprint density at radius 1 is 0.292 bits per heavy atom. The van der Waals surface area contributed by atoms with Gasteiger partial charge in [0.15, 0.2) is 0 Å². The average Bonchev–Trinajstić information content (AvgIpc) is 0.830. The highest BCUT2D eigenvalue weighted by molar-refractivity contribution is 6.42. The van der Waals surface area contributed by atoms with Gasteiger partial charge in [-0.2, -0.15) is 0 Å². The van der Waals surface area contributed by atoms with Crippen LogP contribution < -0.4 is 0 Å². The quantitative estimate of drug-likeness (QED) is 0.0691. The molecule has 0 bridgehead atoms. The van der Waals surface area contributed by atoms with Crippen LogP contribution in [-0.4, -0.2) is 19.9 Å². The Labute approximate surface area is 843 Å². The number of hydrogen-bond donors (Lipinski definition) is 0. The first-order chi connectivity index (χ1) is 62.7. The zero-order chi connectivity index (χ0) is 104. The van der Waals surface area contributed by atoms with Crippen molar-refractivity contribution in [1.29, 1.82) is 0 Å². The summed E-state index contributed by atoms with van der Waals surface area (Å²) in [6.07, 6.45) is 14.4. The highest BCUT2D eigenvalue weighted by Crippen LogP contribution is 2.32. The SMILES string of the molecule is CC(C)(C)Cc1cc(F)cc(F)c1.CC(C)(C)Cc1ccc(Cl)c(Cl)c1.CC(C)(C)Cc1ccc(Cl)cc1.CC(C)(C)Cc1ccc([N+](=O)[O-])cc1.CC(C)(C)Cc1ccc2ccccc2n1.CC(C)(C)Cc1cccc(F)c1.CC(C)(C)Cc1ccccc1.CC(C)(C)Cc1ccccc1F.CC(C)(C)Cc1ccncn1.Cc1ccc(CC(C)(C)C)cc1.Cc1ccccc1CC(C)(C)C. The number of hydrogen-bond acceptors (Lipinski definition) is 5. The number of rotatable bonds is 12. The highest BCUT2D eigenvalue weighted by Gasteiger charge is 2.21. The fourth-order valence-electron chi connectivity index (χ4n) is 14.2. The monoisotopic (exact) mass is 1930 g/mol. The Morgan fingerprint density at radius 2 is 0.650 bits per heavy atom. The van der Waals surface area contributed by atoms with E-state index in [1.54, 1.807) is 42.9 Å². The minimum Gasteiger partial charge on any atom is -0.258 e. The van der Waals surface area contributed by atoms with Crippen molar-refractivity contribution in [3.05, 3.63) is 388 Å². The Balaban J connectivity index is 0.000000510. The van der Waals surface area contributed by atoms with E-state index < -0.39 is 11.6 Å². The second-order valence-electron chi connectivity index (χ2n) is 49.5. The second kappa shape index (κ2) is 57.4. The van der Waals surface area contributed by atoms with E-state index in [1.807, 2.05) is 99.6 Å². The summed E-state index contributed by atoms with van der Waals surface area (Å²) in [6.45, 7) is 76.7. The number of benzene rings is 10. The molecule has 0 spiro atoms. The maximum Gasteiger partial charge on any atom is 0.269 e. The van der Waals surface area contributed by atoms with Crippen molar-refractivity contribution < 1.29 is 22.5 Å². The first kappa shape index (κ1) is 124. The number of non-ortho nitro benzene ring substituents is 1. The molecule has 0 saturated heterocycles. The largest absolute Gasteiger partial charge is 0.269 e. The molecule has 748 valence electrons. The van der Waals surface area contributed by atoms with E-state index in [1.165, 1.54) is 80.7 Å². The molecule has 6 nitrogen and oxygen atoms in total. The summed E-state index contributed by atoms with van der Waals surface area (Å²) in [7, 11) is 0. The minimum absolute atomic E-state index is 0.0558. The van der Waals surface area contributed by atoms with Gasteiger partial charge in [0, 0.05) is 46.2 Å². The van der Waals surface area contributed by atoms with Crippen LogP contribution in [0, 0.1) is 107 Å². The molecule has 10 aromatic carbocycles. The summed E-state index contributed by atoms with van der Waals surface area (Å²) in [5.41, 5.74) is 20.1. The Hall–Kier alpha value is -9.32. The molecule has 137 heavy (non-hydrogen) atoms. The van der Waals surface area contributed by atoms with E-state index in [4.69, 9.17) is 34.8 Å². The third-order valence-corrected chi connectivity index (χ3v) is 20.3. The molecule has 0 atom stereocenters. The Bertz CT molecular complexity index is 5220. The highest BCUT2D eigenvalue weighted by atomic mass is 35.5. The molecule has 0 amide bonds. The third kappa shape index (κ3) is 66.0. The number of fused-ring (bicyclic) bond motifs is 1. The molecule has 0 aliphatic carbocycles. The van der Waals surface area contributed by atoms with E-state index in [0.29, 0.717) is 54.5 Å². The summed E-state index contributed by atoms with van der Waals surface area (Å²) < 4.78 is 51.4. The van der Waals surface area contributed by atoms with Crippen LogP contribution in [0.15, 0.2) is 267 Å². The lowest BCUT2D eigenvalue weighted by Crippen LogP contribution is -2.10. The number of aryl methyl sites for hydroxylation is 2. The van der Waals surface area contributed by atoms with Crippen LogP contribution in [0.25, 0.3) is 10.9 Å². The van der Waals surface area contributed by atoms with Gasteiger partial charge < -0.3 is 0 Å². The molecule has 13 heteroatoms. The van der Waals surface area contributed by atoms with Crippen molar-refractivity contribution >= 4 is 51.4 Å². The molecular weight excluding hydrogens is 1760 g/mol. The van der Waals surface area contributed by atoms with Crippen molar-refractivity contribution in [2.24, 2.45) is 59.6 Å². The average molecular weight is 1930 g/mol. The molecule has 0 N–H and O–H groups in total. The van der Waals surface area contributed by atoms with Gasteiger partial charge in [0.1, 0.15) is 29.6 Å².